The molecule has 1 aliphatic rings. The zero-order valence-corrected chi connectivity index (χ0v) is 9.57. The minimum absolute atomic E-state index is 0.529. The third-order valence-corrected chi connectivity index (χ3v) is 5.07. The van der Waals surface area contributed by atoms with Crippen molar-refractivity contribution in [2.24, 2.45) is 22.7 Å². The summed E-state index contributed by atoms with van der Waals surface area (Å²) in [4.78, 5) is 0. The van der Waals surface area contributed by atoms with E-state index in [9.17, 15) is 0 Å². The molecule has 0 saturated heterocycles. The standard InChI is InChI=1S/C12H24/c1-9(2)12(6)8-7-10(3)11(12,4)5/h9-10H,7-8H2,1-6H3/t10-,12?/m0/s1. The SMILES string of the molecule is CC(C)C1(C)CC[C@H](C)C1(C)C. The van der Waals surface area contributed by atoms with Crippen molar-refractivity contribution < 1.29 is 0 Å². The van der Waals surface area contributed by atoms with Crippen LogP contribution in [0.25, 0.3) is 0 Å². The van der Waals surface area contributed by atoms with E-state index in [1.54, 1.807) is 0 Å². The molecule has 0 bridgehead atoms. The van der Waals surface area contributed by atoms with E-state index >= 15 is 0 Å². The van der Waals surface area contributed by atoms with Crippen molar-refractivity contribution in [3.63, 3.8) is 0 Å². The predicted octanol–water partition coefficient (Wildman–Crippen LogP) is 4.10. The topological polar surface area (TPSA) is 0 Å². The molecule has 0 spiro atoms. The molecule has 0 aromatic rings. The Bertz CT molecular complexity index is 167. The highest BCUT2D eigenvalue weighted by Crippen LogP contribution is 2.59. The van der Waals surface area contributed by atoms with Crippen LogP contribution in [0.1, 0.15) is 54.4 Å². The largest absolute Gasteiger partial charge is 0.0622 e. The van der Waals surface area contributed by atoms with Crippen molar-refractivity contribution in [1.82, 2.24) is 0 Å². The Morgan fingerprint density at radius 3 is 1.83 bits per heavy atom. The zero-order valence-electron chi connectivity index (χ0n) is 9.57. The van der Waals surface area contributed by atoms with E-state index in [-0.39, 0.29) is 0 Å². The number of hydrogen-bond donors (Lipinski definition) is 0. The third-order valence-electron chi connectivity index (χ3n) is 5.07. The number of rotatable bonds is 1. The Hall–Kier alpha value is 0. The second-order valence-corrected chi connectivity index (χ2v) is 5.73. The Labute approximate surface area is 77.7 Å². The lowest BCUT2D eigenvalue weighted by molar-refractivity contribution is 0.0467. The van der Waals surface area contributed by atoms with Crippen LogP contribution in [0.4, 0.5) is 0 Å². The summed E-state index contributed by atoms with van der Waals surface area (Å²) >= 11 is 0. The van der Waals surface area contributed by atoms with Crippen LogP contribution in [0, 0.1) is 22.7 Å². The van der Waals surface area contributed by atoms with Crippen molar-refractivity contribution in [2.75, 3.05) is 0 Å². The molecule has 0 nitrogen and oxygen atoms in total. The summed E-state index contributed by atoms with van der Waals surface area (Å²) in [5, 5.41) is 0. The normalized spacial score (nSPS) is 40.8. The van der Waals surface area contributed by atoms with E-state index in [2.05, 4.69) is 41.5 Å². The first-order valence-corrected chi connectivity index (χ1v) is 5.32. The van der Waals surface area contributed by atoms with Gasteiger partial charge in [-0.25, -0.2) is 0 Å². The Morgan fingerprint density at radius 1 is 1.17 bits per heavy atom. The van der Waals surface area contributed by atoms with Gasteiger partial charge in [-0.2, -0.15) is 0 Å². The van der Waals surface area contributed by atoms with Gasteiger partial charge in [0.15, 0.2) is 0 Å². The van der Waals surface area contributed by atoms with Gasteiger partial charge >= 0.3 is 0 Å². The minimum atomic E-state index is 0.529. The first kappa shape index (κ1) is 10.1. The lowest BCUT2D eigenvalue weighted by atomic mass is 9.61. The Kier molecular flexibility index (Phi) is 2.31. The minimum Gasteiger partial charge on any atom is -0.0622 e. The van der Waals surface area contributed by atoms with Crippen LogP contribution in [0.3, 0.4) is 0 Å². The van der Waals surface area contributed by atoms with Gasteiger partial charge < -0.3 is 0 Å². The molecule has 1 aliphatic carbocycles. The van der Waals surface area contributed by atoms with Gasteiger partial charge in [-0.05, 0) is 35.5 Å². The quantitative estimate of drug-likeness (QED) is 0.553. The molecule has 0 heteroatoms. The molecule has 1 saturated carbocycles. The molecule has 2 atom stereocenters. The molecule has 0 aliphatic heterocycles. The first-order chi connectivity index (χ1) is 5.32. The molecule has 0 N–H and O–H groups in total. The number of hydrogen-bond acceptors (Lipinski definition) is 0. The van der Waals surface area contributed by atoms with Gasteiger partial charge in [-0.15, -0.1) is 0 Å². The van der Waals surface area contributed by atoms with Crippen molar-refractivity contribution in [1.29, 1.82) is 0 Å². The molecule has 0 aromatic heterocycles. The van der Waals surface area contributed by atoms with Gasteiger partial charge in [0.25, 0.3) is 0 Å². The average Bonchev–Trinajstić information content (AvgIpc) is 2.15. The molecule has 0 heterocycles. The molecule has 12 heavy (non-hydrogen) atoms. The average molecular weight is 168 g/mol. The molecule has 0 amide bonds. The van der Waals surface area contributed by atoms with Crippen LogP contribution in [-0.2, 0) is 0 Å². The molecule has 0 radical (unpaired) electrons. The van der Waals surface area contributed by atoms with E-state index in [0.29, 0.717) is 10.8 Å². The van der Waals surface area contributed by atoms with Crippen molar-refractivity contribution in [3.8, 4) is 0 Å². The van der Waals surface area contributed by atoms with E-state index in [0.717, 1.165) is 11.8 Å². The molecular formula is C12H24. The highest BCUT2D eigenvalue weighted by molar-refractivity contribution is 4.99. The maximum atomic E-state index is 2.47. The Balaban J connectivity index is 2.93. The molecule has 1 fully saturated rings. The smallest absolute Gasteiger partial charge is 0.0249 e. The summed E-state index contributed by atoms with van der Waals surface area (Å²) in [5.41, 5.74) is 1.09. The van der Waals surface area contributed by atoms with Gasteiger partial charge in [0.05, 0.1) is 0 Å². The molecule has 0 aromatic carbocycles. The summed E-state index contributed by atoms with van der Waals surface area (Å²) in [6.07, 6.45) is 2.83. The summed E-state index contributed by atoms with van der Waals surface area (Å²) in [7, 11) is 0. The summed E-state index contributed by atoms with van der Waals surface area (Å²) in [6.45, 7) is 14.5. The summed E-state index contributed by atoms with van der Waals surface area (Å²) < 4.78 is 0. The van der Waals surface area contributed by atoms with Crippen molar-refractivity contribution >= 4 is 0 Å². The molecule has 72 valence electrons. The highest BCUT2D eigenvalue weighted by atomic mass is 14.6. The van der Waals surface area contributed by atoms with E-state index in [1.165, 1.54) is 12.8 Å². The predicted molar refractivity (Wildman–Crippen MR) is 55.1 cm³/mol. The fourth-order valence-corrected chi connectivity index (χ4v) is 2.79. The Morgan fingerprint density at radius 2 is 1.67 bits per heavy atom. The first-order valence-electron chi connectivity index (χ1n) is 5.32. The van der Waals surface area contributed by atoms with Crippen LogP contribution in [0.15, 0.2) is 0 Å². The summed E-state index contributed by atoms with van der Waals surface area (Å²) in [6, 6.07) is 0. The van der Waals surface area contributed by atoms with Crippen molar-refractivity contribution in [2.45, 2.75) is 54.4 Å². The second kappa shape index (κ2) is 2.75. The van der Waals surface area contributed by atoms with Crippen LogP contribution in [0.2, 0.25) is 0 Å². The van der Waals surface area contributed by atoms with E-state index < -0.39 is 0 Å². The molecule has 1 unspecified atom stereocenters. The fourth-order valence-electron chi connectivity index (χ4n) is 2.79. The zero-order chi connectivity index (χ0) is 9.57. The molecule has 1 rings (SSSR count). The van der Waals surface area contributed by atoms with Gasteiger partial charge in [0.1, 0.15) is 0 Å². The lowest BCUT2D eigenvalue weighted by Crippen LogP contribution is -2.37. The molecular weight excluding hydrogens is 144 g/mol. The van der Waals surface area contributed by atoms with Gasteiger partial charge in [-0.1, -0.05) is 41.5 Å². The van der Waals surface area contributed by atoms with Crippen LogP contribution in [-0.4, -0.2) is 0 Å². The highest BCUT2D eigenvalue weighted by Gasteiger charge is 2.50. The second-order valence-electron chi connectivity index (χ2n) is 5.73. The van der Waals surface area contributed by atoms with Crippen LogP contribution in [0.5, 0.6) is 0 Å². The maximum absolute atomic E-state index is 2.47. The van der Waals surface area contributed by atoms with E-state index in [4.69, 9.17) is 0 Å². The van der Waals surface area contributed by atoms with Gasteiger partial charge in [0, 0.05) is 0 Å². The van der Waals surface area contributed by atoms with Gasteiger partial charge in [-0.3, -0.25) is 0 Å². The monoisotopic (exact) mass is 168 g/mol. The van der Waals surface area contributed by atoms with Crippen LogP contribution >= 0.6 is 0 Å². The fraction of sp³-hybridized carbons (Fsp3) is 1.00. The summed E-state index contributed by atoms with van der Waals surface area (Å²) in [5.74, 6) is 1.71. The lowest BCUT2D eigenvalue weighted by Gasteiger charge is -2.44. The third kappa shape index (κ3) is 1.11. The van der Waals surface area contributed by atoms with Crippen molar-refractivity contribution in [3.05, 3.63) is 0 Å². The maximum Gasteiger partial charge on any atom is -0.0249 e. The van der Waals surface area contributed by atoms with Crippen LogP contribution < -0.4 is 0 Å². The van der Waals surface area contributed by atoms with Gasteiger partial charge in [0.2, 0.25) is 0 Å². The van der Waals surface area contributed by atoms with E-state index in [1.807, 2.05) is 0 Å².